The molecule has 3 heteroatoms. The Labute approximate surface area is 66.3 Å². The molecule has 0 aromatic rings. The van der Waals surface area contributed by atoms with Crippen LogP contribution in [0.1, 0.15) is 19.3 Å². The smallest absolute Gasteiger partial charge is 0.226 e. The Balaban J connectivity index is 2.11. The van der Waals surface area contributed by atoms with E-state index in [4.69, 9.17) is 5.73 Å². The summed E-state index contributed by atoms with van der Waals surface area (Å²) >= 11 is 0. The zero-order valence-electron chi connectivity index (χ0n) is 6.76. The summed E-state index contributed by atoms with van der Waals surface area (Å²) in [6.45, 7) is 0. The summed E-state index contributed by atoms with van der Waals surface area (Å²) in [5.74, 6) is 0.828. The first kappa shape index (κ1) is 7.10. The Kier molecular flexibility index (Phi) is 1.27. The van der Waals surface area contributed by atoms with Gasteiger partial charge in [-0.3, -0.25) is 4.79 Å². The van der Waals surface area contributed by atoms with Crippen molar-refractivity contribution in [1.82, 2.24) is 5.32 Å². The molecule has 1 atom stereocenters. The van der Waals surface area contributed by atoms with Crippen LogP contribution in [-0.4, -0.2) is 19.0 Å². The van der Waals surface area contributed by atoms with Crippen LogP contribution in [0.3, 0.4) is 0 Å². The molecule has 0 aliphatic heterocycles. The third-order valence-corrected chi connectivity index (χ3v) is 3.25. The van der Waals surface area contributed by atoms with E-state index in [0.29, 0.717) is 5.92 Å². The van der Waals surface area contributed by atoms with Gasteiger partial charge in [-0.1, -0.05) is 0 Å². The summed E-state index contributed by atoms with van der Waals surface area (Å²) in [7, 11) is 1.70. The van der Waals surface area contributed by atoms with Crippen LogP contribution >= 0.6 is 0 Å². The van der Waals surface area contributed by atoms with Gasteiger partial charge in [0.15, 0.2) is 0 Å². The topological polar surface area (TPSA) is 55.1 Å². The van der Waals surface area contributed by atoms with Gasteiger partial charge in [0, 0.05) is 13.1 Å². The molecule has 3 rings (SSSR count). The van der Waals surface area contributed by atoms with E-state index in [1.54, 1.807) is 7.05 Å². The Morgan fingerprint density at radius 3 is 2.55 bits per heavy atom. The molecule has 3 fully saturated rings. The molecule has 2 bridgehead atoms. The van der Waals surface area contributed by atoms with Gasteiger partial charge >= 0.3 is 0 Å². The Hall–Kier alpha value is -0.570. The van der Waals surface area contributed by atoms with E-state index >= 15 is 0 Å². The van der Waals surface area contributed by atoms with Crippen LogP contribution in [0.2, 0.25) is 0 Å². The van der Waals surface area contributed by atoms with Crippen LogP contribution in [0, 0.1) is 11.3 Å². The molecular formula is C8H14N2O. The third kappa shape index (κ3) is 0.745. The molecule has 0 aromatic heterocycles. The number of carbonyl (C=O) groups excluding carboxylic acids is 1. The number of hydrogen-bond acceptors (Lipinski definition) is 2. The number of carbonyl (C=O) groups is 1. The maximum absolute atomic E-state index is 11.4. The van der Waals surface area contributed by atoms with E-state index in [2.05, 4.69) is 5.32 Å². The number of nitrogens with one attached hydrogen (secondary N) is 1. The van der Waals surface area contributed by atoms with Crippen LogP contribution in [0.25, 0.3) is 0 Å². The number of amides is 1. The molecule has 3 aliphatic carbocycles. The van der Waals surface area contributed by atoms with Gasteiger partial charge < -0.3 is 11.1 Å². The summed E-state index contributed by atoms with van der Waals surface area (Å²) < 4.78 is 0. The molecule has 3 nitrogen and oxygen atoms in total. The fourth-order valence-electron chi connectivity index (χ4n) is 2.57. The first-order valence-corrected chi connectivity index (χ1v) is 4.16. The van der Waals surface area contributed by atoms with Crippen molar-refractivity contribution in [2.24, 2.45) is 17.1 Å². The minimum Gasteiger partial charge on any atom is -0.359 e. The highest BCUT2D eigenvalue weighted by molar-refractivity contribution is 5.84. The summed E-state index contributed by atoms with van der Waals surface area (Å²) in [5.41, 5.74) is 5.76. The number of fused-ring (bicyclic) bond motifs is 1. The van der Waals surface area contributed by atoms with Gasteiger partial charge in [-0.2, -0.15) is 0 Å². The monoisotopic (exact) mass is 154 g/mol. The molecule has 11 heavy (non-hydrogen) atoms. The van der Waals surface area contributed by atoms with Crippen LogP contribution in [0.15, 0.2) is 0 Å². The number of nitrogens with two attached hydrogens (primary N) is 1. The van der Waals surface area contributed by atoms with E-state index in [-0.39, 0.29) is 17.4 Å². The molecular weight excluding hydrogens is 140 g/mol. The molecule has 62 valence electrons. The van der Waals surface area contributed by atoms with E-state index in [9.17, 15) is 4.79 Å². The minimum atomic E-state index is -0.0567. The molecule has 0 aromatic carbocycles. The lowest BCUT2D eigenvalue weighted by Gasteiger charge is -2.36. The van der Waals surface area contributed by atoms with Gasteiger partial charge in [0.2, 0.25) is 5.91 Å². The summed E-state index contributed by atoms with van der Waals surface area (Å²) in [5, 5.41) is 2.71. The van der Waals surface area contributed by atoms with Crippen molar-refractivity contribution in [3.05, 3.63) is 0 Å². The van der Waals surface area contributed by atoms with Gasteiger partial charge in [0.05, 0.1) is 5.41 Å². The maximum Gasteiger partial charge on any atom is 0.226 e. The van der Waals surface area contributed by atoms with Crippen molar-refractivity contribution in [1.29, 1.82) is 0 Å². The van der Waals surface area contributed by atoms with Gasteiger partial charge in [-0.25, -0.2) is 0 Å². The maximum atomic E-state index is 11.4. The molecule has 1 amide bonds. The van der Waals surface area contributed by atoms with Crippen molar-refractivity contribution in [2.75, 3.05) is 7.05 Å². The SMILES string of the molecule is CNC(=O)C12CC(C1)[C@H](N)C2. The molecule has 3 saturated carbocycles. The second-order valence-corrected chi connectivity index (χ2v) is 3.90. The molecule has 3 aliphatic rings. The average Bonchev–Trinajstić information content (AvgIpc) is 2.38. The van der Waals surface area contributed by atoms with Crippen molar-refractivity contribution >= 4 is 5.91 Å². The van der Waals surface area contributed by atoms with Crippen LogP contribution in [0.5, 0.6) is 0 Å². The molecule has 0 unspecified atom stereocenters. The predicted octanol–water partition coefficient (Wildman–Crippen LogP) is -0.140. The lowest BCUT2D eigenvalue weighted by atomic mass is 9.69. The second kappa shape index (κ2) is 1.97. The Bertz CT molecular complexity index is 196. The normalized spacial score (nSPS) is 46.7. The van der Waals surface area contributed by atoms with Crippen molar-refractivity contribution in [3.8, 4) is 0 Å². The fraction of sp³-hybridized carbons (Fsp3) is 0.875. The van der Waals surface area contributed by atoms with Crippen LogP contribution < -0.4 is 11.1 Å². The molecule has 3 N–H and O–H groups in total. The van der Waals surface area contributed by atoms with Crippen LogP contribution in [-0.2, 0) is 4.79 Å². The highest BCUT2D eigenvalue weighted by Gasteiger charge is 2.58. The predicted molar refractivity (Wildman–Crippen MR) is 41.8 cm³/mol. The highest BCUT2D eigenvalue weighted by Crippen LogP contribution is 2.58. The minimum absolute atomic E-state index is 0.0567. The van der Waals surface area contributed by atoms with Gasteiger partial charge in [0.25, 0.3) is 0 Å². The quantitative estimate of drug-likeness (QED) is 0.552. The third-order valence-electron chi connectivity index (χ3n) is 3.25. The van der Waals surface area contributed by atoms with Crippen molar-refractivity contribution < 1.29 is 4.79 Å². The average molecular weight is 154 g/mol. The Morgan fingerprint density at radius 2 is 2.18 bits per heavy atom. The highest BCUT2D eigenvalue weighted by atomic mass is 16.2. The van der Waals surface area contributed by atoms with E-state index in [1.165, 1.54) is 0 Å². The summed E-state index contributed by atoms with van der Waals surface area (Å²) in [6.07, 6.45) is 2.94. The van der Waals surface area contributed by atoms with E-state index < -0.39 is 0 Å². The fourth-order valence-corrected chi connectivity index (χ4v) is 2.57. The lowest BCUT2D eigenvalue weighted by Crippen LogP contribution is -2.42. The largest absolute Gasteiger partial charge is 0.359 e. The summed E-state index contributed by atoms with van der Waals surface area (Å²) in [4.78, 5) is 11.4. The van der Waals surface area contributed by atoms with E-state index in [1.807, 2.05) is 0 Å². The summed E-state index contributed by atoms with van der Waals surface area (Å²) in [6, 6.07) is 0.285. The Morgan fingerprint density at radius 1 is 1.55 bits per heavy atom. The van der Waals surface area contributed by atoms with Crippen molar-refractivity contribution in [2.45, 2.75) is 25.3 Å². The van der Waals surface area contributed by atoms with Gasteiger partial charge in [-0.05, 0) is 25.2 Å². The number of rotatable bonds is 1. The zero-order chi connectivity index (χ0) is 8.06. The van der Waals surface area contributed by atoms with Gasteiger partial charge in [0.1, 0.15) is 0 Å². The standard InChI is InChI=1S/C8H14N2O/c1-10-7(11)8-2-5(3-8)6(9)4-8/h5-6H,2-4,9H2,1H3,(H,10,11)/t5?,6-,8?/m1/s1. The molecule has 0 radical (unpaired) electrons. The second-order valence-electron chi connectivity index (χ2n) is 3.90. The molecule has 0 spiro atoms. The zero-order valence-corrected chi connectivity index (χ0v) is 6.76. The number of hydrogen-bond donors (Lipinski definition) is 2. The first-order valence-electron chi connectivity index (χ1n) is 4.16. The van der Waals surface area contributed by atoms with Gasteiger partial charge in [-0.15, -0.1) is 0 Å². The molecule has 0 heterocycles. The first-order chi connectivity index (χ1) is 5.18. The van der Waals surface area contributed by atoms with E-state index in [0.717, 1.165) is 19.3 Å². The van der Waals surface area contributed by atoms with Crippen molar-refractivity contribution in [3.63, 3.8) is 0 Å². The lowest BCUT2D eigenvalue weighted by molar-refractivity contribution is -0.134. The van der Waals surface area contributed by atoms with Crippen LogP contribution in [0.4, 0.5) is 0 Å². The molecule has 0 saturated heterocycles.